The Balaban J connectivity index is 1.13. The number of nitrogens with one attached hydrogen (secondary N) is 2. The maximum Gasteiger partial charge on any atom is 0.472 e. The fourth-order valence-electron chi connectivity index (χ4n) is 5.31. The molecule has 22 nitrogen and oxygen atoms in total. The molecule has 24 heteroatoms. The fourth-order valence-corrected chi connectivity index (χ4v) is 7.23. The molecule has 3 aliphatic heterocycles. The molecule has 0 spiro atoms. The van der Waals surface area contributed by atoms with Crippen molar-refractivity contribution in [2.45, 2.75) is 49.7 Å². The molecule has 236 valence electrons. The zero-order valence-electron chi connectivity index (χ0n) is 22.2. The summed E-state index contributed by atoms with van der Waals surface area (Å²) in [5, 5.41) is 0. The van der Waals surface area contributed by atoms with E-state index in [-0.39, 0.29) is 47.1 Å². The highest BCUT2D eigenvalue weighted by atomic mass is 31.2. The molecular weight excluding hydrogens is 634 g/mol. The minimum Gasteiger partial charge on any atom is -0.369 e. The lowest BCUT2D eigenvalue weighted by molar-refractivity contribution is -0.0661. The highest BCUT2D eigenvalue weighted by molar-refractivity contribution is 7.47. The van der Waals surface area contributed by atoms with Gasteiger partial charge in [-0.3, -0.25) is 46.8 Å². The Labute approximate surface area is 243 Å². The third-order valence-electron chi connectivity index (χ3n) is 7.22. The van der Waals surface area contributed by atoms with Crippen LogP contribution >= 0.6 is 15.6 Å². The van der Waals surface area contributed by atoms with Crippen LogP contribution in [-0.4, -0.2) is 86.5 Å². The first-order valence-electron chi connectivity index (χ1n) is 12.9. The van der Waals surface area contributed by atoms with Crippen LogP contribution in [0.1, 0.15) is 25.3 Å². The Morgan fingerprint density at radius 2 is 1.16 bits per heavy atom. The van der Waals surface area contributed by atoms with E-state index >= 15 is 0 Å². The van der Waals surface area contributed by atoms with Crippen molar-refractivity contribution in [3.63, 3.8) is 0 Å². The van der Waals surface area contributed by atoms with Crippen LogP contribution in [-0.2, 0) is 36.7 Å². The summed E-state index contributed by atoms with van der Waals surface area (Å²) in [6.07, 6.45) is -4.37. The molecule has 7 rings (SSSR count). The van der Waals surface area contributed by atoms with E-state index in [1.165, 1.54) is 21.8 Å². The summed E-state index contributed by atoms with van der Waals surface area (Å²) in [6, 6.07) is 0. The maximum atomic E-state index is 13.0. The van der Waals surface area contributed by atoms with Crippen LogP contribution in [0.15, 0.2) is 22.2 Å². The maximum absolute atomic E-state index is 13.0. The molecule has 4 aromatic heterocycles. The van der Waals surface area contributed by atoms with Crippen molar-refractivity contribution in [1.29, 1.82) is 0 Å². The first kappa shape index (κ1) is 29.2. The number of nitrogen functional groups attached to an aromatic ring is 2. The second-order valence-electron chi connectivity index (χ2n) is 10.1. The van der Waals surface area contributed by atoms with Gasteiger partial charge in [0.15, 0.2) is 22.3 Å². The van der Waals surface area contributed by atoms with E-state index in [4.69, 9.17) is 39.0 Å². The Hall–Kier alpha value is -3.56. The summed E-state index contributed by atoms with van der Waals surface area (Å²) in [4.78, 5) is 66.4. The van der Waals surface area contributed by atoms with E-state index in [0.29, 0.717) is 0 Å². The summed E-state index contributed by atoms with van der Waals surface area (Å²) in [6.45, 7) is -1.23. The minimum absolute atomic E-state index is 0.0325. The smallest absolute Gasteiger partial charge is 0.369 e. The average molecular weight is 658 g/mol. The van der Waals surface area contributed by atoms with Crippen molar-refractivity contribution in [3.8, 4) is 0 Å². The van der Waals surface area contributed by atoms with Crippen molar-refractivity contribution in [2.75, 3.05) is 24.7 Å². The molecule has 3 fully saturated rings. The number of ether oxygens (including phenoxy) is 2. The predicted molar refractivity (Wildman–Crippen MR) is 143 cm³/mol. The van der Waals surface area contributed by atoms with Crippen LogP contribution in [0.25, 0.3) is 22.3 Å². The number of fused-ring (bicyclic) bond motifs is 4. The number of hydrogen-bond donors (Lipinski definition) is 6. The highest BCUT2D eigenvalue weighted by Crippen LogP contribution is 2.53. The monoisotopic (exact) mass is 658 g/mol. The first-order chi connectivity index (χ1) is 20.9. The van der Waals surface area contributed by atoms with Crippen LogP contribution in [0.4, 0.5) is 11.9 Å². The lowest BCUT2D eigenvalue weighted by Crippen LogP contribution is -2.32. The molecule has 0 amide bonds. The van der Waals surface area contributed by atoms with Gasteiger partial charge in [0.05, 0.1) is 25.9 Å². The summed E-state index contributed by atoms with van der Waals surface area (Å²) in [7, 11) is -9.60. The van der Waals surface area contributed by atoms with Gasteiger partial charge >= 0.3 is 15.6 Å². The number of imidazole rings is 2. The number of aromatic amines is 2. The molecule has 8 N–H and O–H groups in total. The van der Waals surface area contributed by atoms with Gasteiger partial charge in [0.1, 0.15) is 36.9 Å². The Kier molecular flexibility index (Phi) is 6.97. The number of H-pyrrole nitrogens is 2. The molecular formula is C20H24N10O12P2. The standard InChI is InChI=1S/C20H24N10O12P2/c21-19-25-15-13(17(31)27-19)23-5-29(15)11-1-7-9(39-11)3-37-44(35,36)42-8-2-12(40-10(8)4-38-43(33,34)41-7)30-6-24-14-16(30)26-20(22)28-18(14)32/h5-12H,1-4H2,(H,33,34)(H,35,36)(H3,21,25,27,31)(H3,22,26,28,32)/t7-,8+,9+,10-,11+,12-. The van der Waals surface area contributed by atoms with E-state index in [1.54, 1.807) is 0 Å². The third kappa shape index (κ3) is 5.34. The molecule has 0 saturated carbocycles. The van der Waals surface area contributed by atoms with Gasteiger partial charge in [-0.15, -0.1) is 0 Å². The number of phosphoric acid groups is 2. The van der Waals surface area contributed by atoms with Crippen molar-refractivity contribution < 1.29 is 46.5 Å². The number of hydrogen-bond acceptors (Lipinski definition) is 16. The molecule has 44 heavy (non-hydrogen) atoms. The molecule has 0 bridgehead atoms. The molecule has 0 aliphatic carbocycles. The van der Waals surface area contributed by atoms with Gasteiger partial charge in [0, 0.05) is 12.8 Å². The van der Waals surface area contributed by atoms with E-state index in [2.05, 4.69) is 29.9 Å². The number of phosphoric ester groups is 2. The zero-order valence-corrected chi connectivity index (χ0v) is 23.9. The van der Waals surface area contributed by atoms with Gasteiger partial charge < -0.3 is 30.7 Å². The van der Waals surface area contributed by atoms with Crippen LogP contribution in [0.3, 0.4) is 0 Å². The lowest BCUT2D eigenvalue weighted by Gasteiger charge is -2.26. The Bertz CT molecular complexity index is 1840. The molecule has 7 heterocycles. The van der Waals surface area contributed by atoms with E-state index in [9.17, 15) is 28.5 Å². The molecule has 4 aromatic rings. The summed E-state index contributed by atoms with van der Waals surface area (Å²) in [5.41, 5.74) is 10.2. The number of anilines is 2. The quantitative estimate of drug-likeness (QED) is 0.141. The molecule has 0 aromatic carbocycles. The van der Waals surface area contributed by atoms with Crippen LogP contribution in [0.5, 0.6) is 0 Å². The van der Waals surface area contributed by atoms with Crippen molar-refractivity contribution >= 4 is 49.9 Å². The first-order valence-corrected chi connectivity index (χ1v) is 15.9. The summed E-state index contributed by atoms with van der Waals surface area (Å²) < 4.78 is 61.9. The molecule has 3 saturated heterocycles. The molecule has 0 radical (unpaired) electrons. The largest absolute Gasteiger partial charge is 0.472 e. The minimum atomic E-state index is -4.80. The van der Waals surface area contributed by atoms with Crippen LogP contribution in [0, 0.1) is 0 Å². The third-order valence-corrected chi connectivity index (χ3v) is 9.25. The van der Waals surface area contributed by atoms with E-state index < -0.39 is 76.8 Å². The van der Waals surface area contributed by atoms with Crippen molar-refractivity contribution in [3.05, 3.63) is 33.4 Å². The molecule has 8 atom stereocenters. The highest BCUT2D eigenvalue weighted by Gasteiger charge is 2.47. The SMILES string of the molecule is Nc1nc2c(ncn2[C@@H]2C[C@H]3OP(=O)(O)OC[C@H]4O[C@@H](n5cnc6c(=O)[nH]c(N)nc65)C[C@@H]4OP(=O)(O)OC[C@@H]3O2)c(=O)[nH]1. The lowest BCUT2D eigenvalue weighted by atomic mass is 10.2. The van der Waals surface area contributed by atoms with Gasteiger partial charge in [-0.2, -0.15) is 9.97 Å². The fraction of sp³-hybridized carbons (Fsp3) is 0.500. The normalized spacial score (nSPS) is 34.9. The van der Waals surface area contributed by atoms with E-state index in [0.717, 1.165) is 0 Å². The van der Waals surface area contributed by atoms with Gasteiger partial charge in [-0.1, -0.05) is 0 Å². The number of nitrogens with zero attached hydrogens (tertiary/aromatic N) is 6. The van der Waals surface area contributed by atoms with Crippen LogP contribution in [0.2, 0.25) is 0 Å². The van der Waals surface area contributed by atoms with Crippen molar-refractivity contribution in [1.82, 2.24) is 39.0 Å². The van der Waals surface area contributed by atoms with Gasteiger partial charge in [-0.25, -0.2) is 19.1 Å². The predicted octanol–water partition coefficient (Wildman–Crippen LogP) is -0.990. The van der Waals surface area contributed by atoms with Crippen molar-refractivity contribution in [2.24, 2.45) is 0 Å². The summed E-state index contributed by atoms with van der Waals surface area (Å²) >= 11 is 0. The van der Waals surface area contributed by atoms with Crippen LogP contribution < -0.4 is 22.6 Å². The second kappa shape index (κ2) is 10.5. The molecule has 3 aliphatic rings. The topological polar surface area (TPSA) is 309 Å². The van der Waals surface area contributed by atoms with Gasteiger partial charge in [0.2, 0.25) is 11.9 Å². The average Bonchev–Trinajstić information content (AvgIpc) is 3.70. The Morgan fingerprint density at radius 3 is 1.57 bits per heavy atom. The Morgan fingerprint density at radius 1 is 0.750 bits per heavy atom. The summed E-state index contributed by atoms with van der Waals surface area (Å²) in [5.74, 6) is -0.351. The number of aromatic nitrogens is 8. The second-order valence-corrected chi connectivity index (χ2v) is 12.9. The number of rotatable bonds is 2. The molecule has 2 unspecified atom stereocenters. The van der Waals surface area contributed by atoms with Gasteiger partial charge in [0.25, 0.3) is 11.1 Å². The van der Waals surface area contributed by atoms with E-state index in [1.807, 2.05) is 0 Å². The van der Waals surface area contributed by atoms with Gasteiger partial charge in [-0.05, 0) is 0 Å². The zero-order chi connectivity index (χ0) is 31.0. The number of nitrogens with two attached hydrogens (primary N) is 2.